The highest BCUT2D eigenvalue weighted by Gasteiger charge is 2.18. The third-order valence-electron chi connectivity index (χ3n) is 3.14. The Morgan fingerprint density at radius 3 is 2.82 bits per heavy atom. The highest BCUT2D eigenvalue weighted by molar-refractivity contribution is 9.10. The number of hydrogen-bond donors (Lipinski definition) is 2. The quantitative estimate of drug-likeness (QED) is 0.764. The Hall–Kier alpha value is -1.86. The number of aryl methyl sites for hydroxylation is 1. The molecule has 7 heteroatoms. The number of nitrogens with one attached hydrogen (secondary N) is 2. The van der Waals surface area contributed by atoms with E-state index in [1.165, 1.54) is 0 Å². The van der Waals surface area contributed by atoms with Crippen LogP contribution >= 0.6 is 15.9 Å². The van der Waals surface area contributed by atoms with Crippen LogP contribution in [-0.4, -0.2) is 38.6 Å². The maximum absolute atomic E-state index is 12.1. The van der Waals surface area contributed by atoms with Gasteiger partial charge in [0.05, 0.1) is 13.2 Å². The van der Waals surface area contributed by atoms with Crippen molar-refractivity contribution in [2.24, 2.45) is 0 Å². The van der Waals surface area contributed by atoms with E-state index in [1.54, 1.807) is 13.2 Å². The van der Waals surface area contributed by atoms with Crippen LogP contribution in [0.4, 0.5) is 0 Å². The van der Waals surface area contributed by atoms with Gasteiger partial charge in [0.25, 0.3) is 5.91 Å². The first-order valence-electron chi connectivity index (χ1n) is 6.75. The van der Waals surface area contributed by atoms with Gasteiger partial charge in [-0.3, -0.25) is 9.59 Å². The number of ether oxygens (including phenoxy) is 1. The standard InChI is InChI=1S/C15H17BrN2O4/c1-9-11-7-10(16)3-4-12(11)22-14(9)15(20)18-8-13(19)17-5-6-21-2/h3-4,7H,5-6,8H2,1-2H3,(H,17,19)(H,18,20). The Labute approximate surface area is 136 Å². The minimum absolute atomic E-state index is 0.108. The van der Waals surface area contributed by atoms with Gasteiger partial charge in [-0.1, -0.05) is 15.9 Å². The van der Waals surface area contributed by atoms with Crippen molar-refractivity contribution in [1.29, 1.82) is 0 Å². The minimum atomic E-state index is -0.410. The lowest BCUT2D eigenvalue weighted by Crippen LogP contribution is -2.38. The van der Waals surface area contributed by atoms with Crippen LogP contribution in [0.15, 0.2) is 27.1 Å². The van der Waals surface area contributed by atoms with E-state index < -0.39 is 5.91 Å². The van der Waals surface area contributed by atoms with Crippen LogP contribution in [-0.2, 0) is 9.53 Å². The van der Waals surface area contributed by atoms with Crippen LogP contribution in [0.5, 0.6) is 0 Å². The summed E-state index contributed by atoms with van der Waals surface area (Å²) in [5.41, 5.74) is 1.38. The molecule has 0 spiro atoms. The number of rotatable bonds is 6. The van der Waals surface area contributed by atoms with E-state index in [0.29, 0.717) is 18.7 Å². The number of furan rings is 1. The van der Waals surface area contributed by atoms with Gasteiger partial charge in [0.15, 0.2) is 5.76 Å². The molecular weight excluding hydrogens is 352 g/mol. The van der Waals surface area contributed by atoms with Gasteiger partial charge in [0, 0.05) is 29.1 Å². The lowest BCUT2D eigenvalue weighted by atomic mass is 10.1. The van der Waals surface area contributed by atoms with Crippen LogP contribution < -0.4 is 10.6 Å². The number of halogens is 1. The molecule has 2 rings (SSSR count). The van der Waals surface area contributed by atoms with E-state index in [4.69, 9.17) is 9.15 Å². The van der Waals surface area contributed by atoms with Crippen LogP contribution in [0.1, 0.15) is 16.1 Å². The average Bonchev–Trinajstić information content (AvgIpc) is 2.82. The van der Waals surface area contributed by atoms with Gasteiger partial charge in [-0.25, -0.2) is 0 Å². The van der Waals surface area contributed by atoms with Gasteiger partial charge in [-0.05, 0) is 25.1 Å². The van der Waals surface area contributed by atoms with Crippen molar-refractivity contribution in [2.75, 3.05) is 26.8 Å². The maximum Gasteiger partial charge on any atom is 0.287 e. The molecule has 1 aromatic carbocycles. The number of methoxy groups -OCH3 is 1. The summed E-state index contributed by atoms with van der Waals surface area (Å²) in [6.07, 6.45) is 0. The van der Waals surface area contributed by atoms with E-state index in [9.17, 15) is 9.59 Å². The summed E-state index contributed by atoms with van der Waals surface area (Å²) >= 11 is 3.39. The SMILES string of the molecule is COCCNC(=O)CNC(=O)c1oc2ccc(Br)cc2c1C. The second kappa shape index (κ2) is 7.42. The van der Waals surface area contributed by atoms with Gasteiger partial charge >= 0.3 is 0 Å². The van der Waals surface area contributed by atoms with E-state index in [0.717, 1.165) is 15.4 Å². The number of amides is 2. The second-order valence-corrected chi connectivity index (χ2v) is 5.64. The first-order chi connectivity index (χ1) is 10.5. The Balaban J connectivity index is 2.01. The van der Waals surface area contributed by atoms with Gasteiger partial charge in [-0.15, -0.1) is 0 Å². The molecule has 1 aromatic heterocycles. The minimum Gasteiger partial charge on any atom is -0.451 e. The fourth-order valence-electron chi connectivity index (χ4n) is 2.01. The maximum atomic E-state index is 12.1. The zero-order valence-electron chi connectivity index (χ0n) is 12.4. The Morgan fingerprint density at radius 1 is 1.32 bits per heavy atom. The van der Waals surface area contributed by atoms with Crippen LogP contribution in [0, 0.1) is 6.92 Å². The van der Waals surface area contributed by atoms with Crippen molar-refractivity contribution < 1.29 is 18.7 Å². The summed E-state index contributed by atoms with van der Waals surface area (Å²) < 4.78 is 11.3. The number of hydrogen-bond acceptors (Lipinski definition) is 4. The van der Waals surface area contributed by atoms with E-state index in [1.807, 2.05) is 19.1 Å². The first kappa shape index (κ1) is 16.5. The zero-order valence-corrected chi connectivity index (χ0v) is 14.0. The summed E-state index contributed by atoms with van der Waals surface area (Å²) in [5.74, 6) is -0.466. The van der Waals surface area contributed by atoms with E-state index >= 15 is 0 Å². The highest BCUT2D eigenvalue weighted by atomic mass is 79.9. The Kier molecular flexibility index (Phi) is 5.57. The third kappa shape index (κ3) is 3.86. The smallest absolute Gasteiger partial charge is 0.287 e. The predicted octanol–water partition coefficient (Wildman–Crippen LogP) is 2.00. The molecule has 0 saturated heterocycles. The molecule has 2 N–H and O–H groups in total. The lowest BCUT2D eigenvalue weighted by Gasteiger charge is -2.05. The molecule has 2 aromatic rings. The molecule has 2 amide bonds. The topological polar surface area (TPSA) is 80.6 Å². The van der Waals surface area contributed by atoms with E-state index in [2.05, 4.69) is 26.6 Å². The molecule has 1 heterocycles. The number of carbonyl (C=O) groups excluding carboxylic acids is 2. The van der Waals surface area contributed by atoms with E-state index in [-0.39, 0.29) is 18.2 Å². The van der Waals surface area contributed by atoms with Crippen molar-refractivity contribution in [3.8, 4) is 0 Å². The monoisotopic (exact) mass is 368 g/mol. The molecule has 0 aliphatic rings. The molecule has 22 heavy (non-hydrogen) atoms. The molecule has 0 saturated carbocycles. The van der Waals surface area contributed by atoms with Crippen molar-refractivity contribution in [3.05, 3.63) is 34.0 Å². The Bertz CT molecular complexity index is 696. The summed E-state index contributed by atoms with van der Waals surface area (Å²) in [4.78, 5) is 23.7. The zero-order chi connectivity index (χ0) is 16.1. The fraction of sp³-hybridized carbons (Fsp3) is 0.333. The largest absolute Gasteiger partial charge is 0.451 e. The van der Waals surface area contributed by atoms with Gasteiger partial charge < -0.3 is 19.8 Å². The van der Waals surface area contributed by atoms with Gasteiger partial charge in [0.1, 0.15) is 5.58 Å². The molecule has 6 nitrogen and oxygen atoms in total. The van der Waals surface area contributed by atoms with Crippen molar-refractivity contribution in [2.45, 2.75) is 6.92 Å². The van der Waals surface area contributed by atoms with Crippen LogP contribution in [0.25, 0.3) is 11.0 Å². The van der Waals surface area contributed by atoms with Crippen molar-refractivity contribution >= 4 is 38.7 Å². The first-order valence-corrected chi connectivity index (χ1v) is 7.54. The number of carbonyl (C=O) groups is 2. The molecule has 0 bridgehead atoms. The normalized spacial score (nSPS) is 10.7. The summed E-state index contributed by atoms with van der Waals surface area (Å²) in [6.45, 7) is 2.54. The lowest BCUT2D eigenvalue weighted by molar-refractivity contribution is -0.120. The molecule has 118 valence electrons. The molecule has 0 unspecified atom stereocenters. The number of benzene rings is 1. The predicted molar refractivity (Wildman–Crippen MR) is 85.9 cm³/mol. The summed E-state index contributed by atoms with van der Waals surface area (Å²) in [7, 11) is 1.55. The average molecular weight is 369 g/mol. The number of fused-ring (bicyclic) bond motifs is 1. The van der Waals surface area contributed by atoms with Gasteiger partial charge in [-0.2, -0.15) is 0 Å². The Morgan fingerprint density at radius 2 is 2.09 bits per heavy atom. The molecule has 0 radical (unpaired) electrons. The van der Waals surface area contributed by atoms with Crippen molar-refractivity contribution in [1.82, 2.24) is 10.6 Å². The fourth-order valence-corrected chi connectivity index (χ4v) is 2.37. The highest BCUT2D eigenvalue weighted by Crippen LogP contribution is 2.27. The molecular formula is C15H17BrN2O4. The van der Waals surface area contributed by atoms with Crippen LogP contribution in [0.2, 0.25) is 0 Å². The molecule has 0 fully saturated rings. The second-order valence-electron chi connectivity index (χ2n) is 4.72. The van der Waals surface area contributed by atoms with Gasteiger partial charge in [0.2, 0.25) is 5.91 Å². The molecule has 0 aliphatic carbocycles. The third-order valence-corrected chi connectivity index (χ3v) is 3.64. The van der Waals surface area contributed by atoms with Crippen LogP contribution in [0.3, 0.4) is 0 Å². The molecule has 0 atom stereocenters. The van der Waals surface area contributed by atoms with Crippen molar-refractivity contribution in [3.63, 3.8) is 0 Å². The summed E-state index contributed by atoms with van der Waals surface area (Å²) in [6, 6.07) is 5.53. The molecule has 0 aliphatic heterocycles. The summed E-state index contributed by atoms with van der Waals surface area (Å²) in [5, 5.41) is 6.03.